The third-order valence-corrected chi connectivity index (χ3v) is 5.47. The van der Waals surface area contributed by atoms with Crippen molar-refractivity contribution in [2.45, 2.75) is 71.4 Å². The number of nitrogens with zero attached hydrogens (tertiary/aromatic N) is 2. The lowest BCUT2D eigenvalue weighted by Crippen LogP contribution is -2.47. The molecule has 0 aromatic carbocycles. The SMILES string of the molecule is CCCC(C)NCC(C)N1CCC(CN2CCCC2)CC1. The van der Waals surface area contributed by atoms with Crippen LogP contribution in [0.3, 0.4) is 0 Å². The molecule has 0 aromatic heterocycles. The first-order valence-corrected chi connectivity index (χ1v) is 9.38. The van der Waals surface area contributed by atoms with Gasteiger partial charge in [0.2, 0.25) is 0 Å². The summed E-state index contributed by atoms with van der Waals surface area (Å²) in [5, 5.41) is 3.70. The first kappa shape index (κ1) is 17.2. The van der Waals surface area contributed by atoms with Crippen molar-refractivity contribution in [1.29, 1.82) is 0 Å². The minimum atomic E-state index is 0.671. The van der Waals surface area contributed by atoms with Crippen molar-refractivity contribution < 1.29 is 0 Å². The Morgan fingerprint density at radius 3 is 2.33 bits per heavy atom. The highest BCUT2D eigenvalue weighted by Crippen LogP contribution is 2.21. The van der Waals surface area contributed by atoms with E-state index in [1.54, 1.807) is 0 Å². The van der Waals surface area contributed by atoms with Gasteiger partial charge in [0.1, 0.15) is 0 Å². The fourth-order valence-electron chi connectivity index (χ4n) is 3.94. The highest BCUT2D eigenvalue weighted by molar-refractivity contribution is 4.80. The second-order valence-electron chi connectivity index (χ2n) is 7.43. The molecule has 2 fully saturated rings. The standard InChI is InChI=1S/C18H37N3/c1-4-7-16(2)19-14-17(3)21-12-8-18(9-13-21)15-20-10-5-6-11-20/h16-19H,4-15H2,1-3H3. The van der Waals surface area contributed by atoms with Crippen molar-refractivity contribution >= 4 is 0 Å². The van der Waals surface area contributed by atoms with Crippen LogP contribution in [0.4, 0.5) is 0 Å². The van der Waals surface area contributed by atoms with Gasteiger partial charge in [-0.05, 0) is 78.0 Å². The van der Waals surface area contributed by atoms with Gasteiger partial charge in [-0.15, -0.1) is 0 Å². The predicted octanol–water partition coefficient (Wildman–Crippen LogP) is 2.96. The van der Waals surface area contributed by atoms with E-state index < -0.39 is 0 Å². The highest BCUT2D eigenvalue weighted by Gasteiger charge is 2.25. The molecule has 0 saturated carbocycles. The zero-order valence-electron chi connectivity index (χ0n) is 14.6. The minimum absolute atomic E-state index is 0.671. The number of hydrogen-bond acceptors (Lipinski definition) is 3. The normalized spacial score (nSPS) is 25.3. The number of hydrogen-bond donors (Lipinski definition) is 1. The third kappa shape index (κ3) is 5.88. The van der Waals surface area contributed by atoms with Crippen molar-refractivity contribution in [3.05, 3.63) is 0 Å². The molecular formula is C18H37N3. The zero-order chi connectivity index (χ0) is 15.1. The fourth-order valence-corrected chi connectivity index (χ4v) is 3.94. The molecule has 0 aliphatic carbocycles. The van der Waals surface area contributed by atoms with E-state index in [0.29, 0.717) is 12.1 Å². The maximum atomic E-state index is 3.70. The van der Waals surface area contributed by atoms with E-state index in [9.17, 15) is 0 Å². The number of piperidine rings is 1. The number of likely N-dealkylation sites (tertiary alicyclic amines) is 2. The van der Waals surface area contributed by atoms with Crippen LogP contribution < -0.4 is 5.32 Å². The van der Waals surface area contributed by atoms with Gasteiger partial charge in [0.15, 0.2) is 0 Å². The zero-order valence-corrected chi connectivity index (χ0v) is 14.6. The Balaban J connectivity index is 1.61. The summed E-state index contributed by atoms with van der Waals surface area (Å²) in [6, 6.07) is 1.36. The topological polar surface area (TPSA) is 18.5 Å². The molecule has 2 aliphatic rings. The molecule has 21 heavy (non-hydrogen) atoms. The predicted molar refractivity (Wildman–Crippen MR) is 91.8 cm³/mol. The lowest BCUT2D eigenvalue weighted by Gasteiger charge is -2.37. The largest absolute Gasteiger partial charge is 0.313 e. The molecule has 0 radical (unpaired) electrons. The Hall–Kier alpha value is -0.120. The summed E-state index contributed by atoms with van der Waals surface area (Å²) in [6.07, 6.45) is 8.25. The van der Waals surface area contributed by atoms with Crippen molar-refractivity contribution in [3.8, 4) is 0 Å². The Morgan fingerprint density at radius 2 is 1.71 bits per heavy atom. The molecule has 2 unspecified atom stereocenters. The molecular weight excluding hydrogens is 258 g/mol. The van der Waals surface area contributed by atoms with E-state index in [4.69, 9.17) is 0 Å². The first-order valence-electron chi connectivity index (χ1n) is 9.38. The van der Waals surface area contributed by atoms with Crippen LogP contribution in [0, 0.1) is 5.92 Å². The van der Waals surface area contributed by atoms with Gasteiger partial charge in [-0.2, -0.15) is 0 Å². The van der Waals surface area contributed by atoms with Crippen LogP contribution in [0.5, 0.6) is 0 Å². The second-order valence-corrected chi connectivity index (χ2v) is 7.43. The summed E-state index contributed by atoms with van der Waals surface area (Å²) < 4.78 is 0. The Labute approximate surface area is 132 Å². The molecule has 2 aliphatic heterocycles. The van der Waals surface area contributed by atoms with Gasteiger partial charge in [0.05, 0.1) is 0 Å². The van der Waals surface area contributed by atoms with Crippen molar-refractivity contribution in [2.75, 3.05) is 39.3 Å². The van der Waals surface area contributed by atoms with Gasteiger partial charge < -0.3 is 10.2 Å². The van der Waals surface area contributed by atoms with E-state index in [-0.39, 0.29) is 0 Å². The smallest absolute Gasteiger partial charge is 0.0192 e. The lowest BCUT2D eigenvalue weighted by molar-refractivity contribution is 0.119. The molecule has 1 N–H and O–H groups in total. The summed E-state index contributed by atoms with van der Waals surface area (Å²) in [6.45, 7) is 14.8. The lowest BCUT2D eigenvalue weighted by atomic mass is 9.95. The van der Waals surface area contributed by atoms with Crippen molar-refractivity contribution in [1.82, 2.24) is 15.1 Å². The van der Waals surface area contributed by atoms with E-state index >= 15 is 0 Å². The van der Waals surface area contributed by atoms with E-state index in [1.807, 2.05) is 0 Å². The van der Waals surface area contributed by atoms with E-state index in [2.05, 4.69) is 35.9 Å². The van der Waals surface area contributed by atoms with Crippen LogP contribution in [0.25, 0.3) is 0 Å². The van der Waals surface area contributed by atoms with Crippen LogP contribution >= 0.6 is 0 Å². The van der Waals surface area contributed by atoms with Crippen LogP contribution in [-0.4, -0.2) is 61.2 Å². The average molecular weight is 296 g/mol. The van der Waals surface area contributed by atoms with Gasteiger partial charge >= 0.3 is 0 Å². The van der Waals surface area contributed by atoms with Gasteiger partial charge in [0.25, 0.3) is 0 Å². The Bertz CT molecular complexity index is 268. The Morgan fingerprint density at radius 1 is 1.05 bits per heavy atom. The Kier molecular flexibility index (Phi) is 7.48. The quantitative estimate of drug-likeness (QED) is 0.743. The van der Waals surface area contributed by atoms with Crippen LogP contribution in [0.15, 0.2) is 0 Å². The first-order chi connectivity index (χ1) is 10.2. The minimum Gasteiger partial charge on any atom is -0.313 e. The fraction of sp³-hybridized carbons (Fsp3) is 1.00. The maximum absolute atomic E-state index is 3.70. The summed E-state index contributed by atoms with van der Waals surface area (Å²) in [7, 11) is 0. The van der Waals surface area contributed by atoms with Gasteiger partial charge in [0, 0.05) is 25.2 Å². The van der Waals surface area contributed by atoms with Crippen LogP contribution in [0.2, 0.25) is 0 Å². The molecule has 2 heterocycles. The summed E-state index contributed by atoms with van der Waals surface area (Å²) in [5.74, 6) is 0.957. The highest BCUT2D eigenvalue weighted by atomic mass is 15.2. The number of nitrogens with one attached hydrogen (secondary N) is 1. The second kappa shape index (κ2) is 9.12. The molecule has 3 nitrogen and oxygen atoms in total. The summed E-state index contributed by atoms with van der Waals surface area (Å²) in [5.41, 5.74) is 0. The molecule has 0 aromatic rings. The number of rotatable bonds is 8. The van der Waals surface area contributed by atoms with Gasteiger partial charge in [-0.3, -0.25) is 4.90 Å². The van der Waals surface area contributed by atoms with Gasteiger partial charge in [-0.25, -0.2) is 0 Å². The van der Waals surface area contributed by atoms with E-state index in [0.717, 1.165) is 12.5 Å². The van der Waals surface area contributed by atoms with Crippen LogP contribution in [-0.2, 0) is 0 Å². The van der Waals surface area contributed by atoms with Gasteiger partial charge in [-0.1, -0.05) is 13.3 Å². The van der Waals surface area contributed by atoms with Crippen LogP contribution in [0.1, 0.15) is 59.3 Å². The average Bonchev–Trinajstić information content (AvgIpc) is 2.99. The molecule has 2 atom stereocenters. The molecule has 0 amide bonds. The summed E-state index contributed by atoms with van der Waals surface area (Å²) in [4.78, 5) is 5.39. The molecule has 2 rings (SSSR count). The van der Waals surface area contributed by atoms with Crippen molar-refractivity contribution in [3.63, 3.8) is 0 Å². The third-order valence-electron chi connectivity index (χ3n) is 5.47. The molecule has 3 heteroatoms. The molecule has 124 valence electrons. The van der Waals surface area contributed by atoms with E-state index in [1.165, 1.54) is 71.2 Å². The monoisotopic (exact) mass is 295 g/mol. The van der Waals surface area contributed by atoms with Crippen molar-refractivity contribution in [2.24, 2.45) is 5.92 Å². The molecule has 0 bridgehead atoms. The molecule has 2 saturated heterocycles. The summed E-state index contributed by atoms with van der Waals surface area (Å²) >= 11 is 0. The molecule has 0 spiro atoms. The maximum Gasteiger partial charge on any atom is 0.0192 e.